The van der Waals surface area contributed by atoms with Gasteiger partial charge in [0, 0.05) is 12.1 Å². The predicted molar refractivity (Wildman–Crippen MR) is 79.0 cm³/mol. The lowest BCUT2D eigenvalue weighted by molar-refractivity contribution is -0.121. The largest absolute Gasteiger partial charge is 0.352 e. The highest BCUT2D eigenvalue weighted by molar-refractivity contribution is 5.78. The van der Waals surface area contributed by atoms with Crippen LogP contribution in [0, 0.1) is 11.8 Å². The lowest BCUT2D eigenvalue weighted by atomic mass is 9.78. The van der Waals surface area contributed by atoms with Crippen molar-refractivity contribution in [3.8, 4) is 0 Å². The average molecular weight is 266 g/mol. The van der Waals surface area contributed by atoms with Crippen molar-refractivity contribution in [1.29, 1.82) is 0 Å². The second-order valence-corrected chi connectivity index (χ2v) is 6.73. The van der Waals surface area contributed by atoms with Crippen LogP contribution in [0.15, 0.2) is 0 Å². The molecule has 19 heavy (non-hydrogen) atoms. The van der Waals surface area contributed by atoms with Crippen LogP contribution in [-0.4, -0.2) is 24.5 Å². The molecule has 2 unspecified atom stereocenters. The highest BCUT2D eigenvalue weighted by Crippen LogP contribution is 2.30. The maximum absolute atomic E-state index is 11.9. The first-order chi connectivity index (χ1) is 9.16. The van der Waals surface area contributed by atoms with Crippen molar-refractivity contribution in [1.82, 2.24) is 10.6 Å². The van der Waals surface area contributed by atoms with Crippen LogP contribution in [0.25, 0.3) is 0 Å². The van der Waals surface area contributed by atoms with Crippen LogP contribution < -0.4 is 10.6 Å². The zero-order chi connectivity index (χ0) is 13.7. The standard InChI is InChI=1S/C16H30N2O/c1-12(2)14-9-5-6-10-15(14)17-11-16(19)18-13-7-3-4-8-13/h12-15,17H,3-11H2,1-2H3,(H,18,19). The van der Waals surface area contributed by atoms with E-state index in [4.69, 9.17) is 0 Å². The zero-order valence-corrected chi connectivity index (χ0v) is 12.6. The third-order valence-corrected chi connectivity index (χ3v) is 4.92. The summed E-state index contributed by atoms with van der Waals surface area (Å²) in [7, 11) is 0. The molecule has 3 heteroatoms. The molecule has 2 saturated carbocycles. The van der Waals surface area contributed by atoms with E-state index in [9.17, 15) is 4.79 Å². The minimum atomic E-state index is 0.194. The molecule has 0 heterocycles. The SMILES string of the molecule is CC(C)C1CCCCC1NCC(=O)NC1CCCC1. The first-order valence-electron chi connectivity index (χ1n) is 8.19. The maximum atomic E-state index is 11.9. The summed E-state index contributed by atoms with van der Waals surface area (Å²) in [6, 6.07) is 0.990. The van der Waals surface area contributed by atoms with Gasteiger partial charge in [0.05, 0.1) is 6.54 Å². The summed E-state index contributed by atoms with van der Waals surface area (Å²) in [5.74, 6) is 1.66. The van der Waals surface area contributed by atoms with E-state index in [-0.39, 0.29) is 5.91 Å². The Morgan fingerprint density at radius 1 is 1.05 bits per heavy atom. The molecule has 110 valence electrons. The molecule has 2 N–H and O–H groups in total. The van der Waals surface area contributed by atoms with E-state index < -0.39 is 0 Å². The lowest BCUT2D eigenvalue weighted by Crippen LogP contribution is -2.46. The number of carbonyl (C=O) groups excluding carboxylic acids is 1. The van der Waals surface area contributed by atoms with Crippen molar-refractivity contribution in [3.05, 3.63) is 0 Å². The summed E-state index contributed by atoms with van der Waals surface area (Å²) in [6.07, 6.45) is 10.1. The van der Waals surface area contributed by atoms with Crippen molar-refractivity contribution in [2.75, 3.05) is 6.54 Å². The van der Waals surface area contributed by atoms with Crippen LogP contribution >= 0.6 is 0 Å². The Labute approximate surface area is 117 Å². The fourth-order valence-corrected chi connectivity index (χ4v) is 3.78. The van der Waals surface area contributed by atoms with Gasteiger partial charge in [0.2, 0.25) is 5.91 Å². The van der Waals surface area contributed by atoms with E-state index in [1.54, 1.807) is 0 Å². The van der Waals surface area contributed by atoms with E-state index in [1.165, 1.54) is 51.4 Å². The second kappa shape index (κ2) is 7.28. The molecule has 0 bridgehead atoms. The molecule has 0 aromatic heterocycles. The van der Waals surface area contributed by atoms with Gasteiger partial charge in [0.1, 0.15) is 0 Å². The smallest absolute Gasteiger partial charge is 0.234 e. The van der Waals surface area contributed by atoms with Crippen LogP contribution in [0.1, 0.15) is 65.2 Å². The Hall–Kier alpha value is -0.570. The van der Waals surface area contributed by atoms with E-state index in [0.717, 1.165) is 11.8 Å². The molecule has 0 saturated heterocycles. The number of carbonyl (C=O) groups is 1. The molecule has 2 rings (SSSR count). The van der Waals surface area contributed by atoms with Gasteiger partial charge in [0.25, 0.3) is 0 Å². The Balaban J connectivity index is 1.71. The Morgan fingerprint density at radius 2 is 1.68 bits per heavy atom. The van der Waals surface area contributed by atoms with Crippen LogP contribution in [0.2, 0.25) is 0 Å². The minimum absolute atomic E-state index is 0.194. The highest BCUT2D eigenvalue weighted by Gasteiger charge is 2.27. The molecular weight excluding hydrogens is 236 g/mol. The summed E-state index contributed by atoms with van der Waals surface area (Å²) in [6.45, 7) is 5.12. The van der Waals surface area contributed by atoms with E-state index in [1.807, 2.05) is 0 Å². The molecule has 0 aromatic carbocycles. The minimum Gasteiger partial charge on any atom is -0.352 e. The fourth-order valence-electron chi connectivity index (χ4n) is 3.78. The molecular formula is C16H30N2O. The van der Waals surface area contributed by atoms with Crippen molar-refractivity contribution in [2.24, 2.45) is 11.8 Å². The predicted octanol–water partition coefficient (Wildman–Crippen LogP) is 2.85. The summed E-state index contributed by atoms with van der Waals surface area (Å²) < 4.78 is 0. The topological polar surface area (TPSA) is 41.1 Å². The first kappa shape index (κ1) is 14.8. The first-order valence-corrected chi connectivity index (χ1v) is 8.19. The van der Waals surface area contributed by atoms with Gasteiger partial charge in [-0.25, -0.2) is 0 Å². The highest BCUT2D eigenvalue weighted by atomic mass is 16.2. The normalized spacial score (nSPS) is 28.8. The average Bonchev–Trinajstić information content (AvgIpc) is 2.89. The Morgan fingerprint density at radius 3 is 2.37 bits per heavy atom. The van der Waals surface area contributed by atoms with Crippen molar-refractivity contribution in [2.45, 2.75) is 77.3 Å². The number of nitrogens with one attached hydrogen (secondary N) is 2. The second-order valence-electron chi connectivity index (χ2n) is 6.73. The molecule has 0 spiro atoms. The van der Waals surface area contributed by atoms with Gasteiger partial charge in [-0.3, -0.25) is 4.79 Å². The van der Waals surface area contributed by atoms with Crippen LogP contribution in [0.5, 0.6) is 0 Å². The van der Waals surface area contributed by atoms with Gasteiger partial charge < -0.3 is 10.6 Å². The van der Waals surface area contributed by atoms with Gasteiger partial charge in [0.15, 0.2) is 0 Å². The molecule has 0 aromatic rings. The summed E-state index contributed by atoms with van der Waals surface area (Å²) in [5.41, 5.74) is 0. The summed E-state index contributed by atoms with van der Waals surface area (Å²) in [5, 5.41) is 6.68. The number of hydrogen-bond donors (Lipinski definition) is 2. The molecule has 0 aliphatic heterocycles. The maximum Gasteiger partial charge on any atom is 0.234 e. The molecule has 2 aliphatic carbocycles. The lowest BCUT2D eigenvalue weighted by Gasteiger charge is -2.35. The van der Waals surface area contributed by atoms with Crippen molar-refractivity contribution in [3.63, 3.8) is 0 Å². The molecule has 2 fully saturated rings. The van der Waals surface area contributed by atoms with E-state index in [2.05, 4.69) is 24.5 Å². The molecule has 0 radical (unpaired) electrons. The third kappa shape index (κ3) is 4.48. The van der Waals surface area contributed by atoms with Gasteiger partial charge in [-0.15, -0.1) is 0 Å². The zero-order valence-electron chi connectivity index (χ0n) is 12.6. The van der Waals surface area contributed by atoms with Crippen LogP contribution in [0.3, 0.4) is 0 Å². The Kier molecular flexibility index (Phi) is 5.68. The quantitative estimate of drug-likeness (QED) is 0.803. The van der Waals surface area contributed by atoms with Crippen molar-refractivity contribution < 1.29 is 4.79 Å². The third-order valence-electron chi connectivity index (χ3n) is 4.92. The Bertz CT molecular complexity index is 284. The molecule has 3 nitrogen and oxygen atoms in total. The monoisotopic (exact) mass is 266 g/mol. The van der Waals surface area contributed by atoms with Crippen LogP contribution in [0.4, 0.5) is 0 Å². The number of rotatable bonds is 5. The van der Waals surface area contributed by atoms with Crippen LogP contribution in [-0.2, 0) is 4.79 Å². The molecule has 2 atom stereocenters. The van der Waals surface area contributed by atoms with Gasteiger partial charge >= 0.3 is 0 Å². The van der Waals surface area contributed by atoms with Gasteiger partial charge in [-0.05, 0) is 37.5 Å². The summed E-state index contributed by atoms with van der Waals surface area (Å²) >= 11 is 0. The van der Waals surface area contributed by atoms with Gasteiger partial charge in [-0.2, -0.15) is 0 Å². The fraction of sp³-hybridized carbons (Fsp3) is 0.938. The summed E-state index contributed by atoms with van der Waals surface area (Å²) in [4.78, 5) is 11.9. The number of hydrogen-bond acceptors (Lipinski definition) is 2. The van der Waals surface area contributed by atoms with E-state index in [0.29, 0.717) is 18.6 Å². The van der Waals surface area contributed by atoms with E-state index >= 15 is 0 Å². The molecule has 1 amide bonds. The van der Waals surface area contributed by atoms with Crippen molar-refractivity contribution >= 4 is 5.91 Å². The van der Waals surface area contributed by atoms with Gasteiger partial charge in [-0.1, -0.05) is 39.5 Å². The molecule has 2 aliphatic rings. The number of amides is 1.